The molecule has 0 spiro atoms. The molecule has 2 heteroatoms. The highest BCUT2D eigenvalue weighted by atomic mass is 16.5. The van der Waals surface area contributed by atoms with E-state index < -0.39 is 0 Å². The maximum Gasteiger partial charge on any atom is 0.0603 e. The van der Waals surface area contributed by atoms with Crippen molar-refractivity contribution in [2.24, 2.45) is 5.92 Å². The summed E-state index contributed by atoms with van der Waals surface area (Å²) in [6, 6.07) is 0. The summed E-state index contributed by atoms with van der Waals surface area (Å²) in [5, 5.41) is 2.92. The topological polar surface area (TPSA) is 21.3 Å². The number of ether oxygens (including phenoxy) is 1. The van der Waals surface area contributed by atoms with Crippen molar-refractivity contribution < 1.29 is 4.74 Å². The second-order valence-electron chi connectivity index (χ2n) is 6.99. The fourth-order valence-electron chi connectivity index (χ4n) is 3.76. The summed E-state index contributed by atoms with van der Waals surface area (Å²) in [7, 11) is 0. The van der Waals surface area contributed by atoms with E-state index in [2.05, 4.69) is 5.32 Å². The molecule has 1 N–H and O–H groups in total. The molecule has 0 aromatic carbocycles. The Bertz CT molecular complexity index is 322. The second kappa shape index (κ2) is 12.4. The van der Waals surface area contributed by atoms with E-state index in [1.54, 1.807) is 0 Å². The van der Waals surface area contributed by atoms with E-state index in [1.165, 1.54) is 77.0 Å². The highest BCUT2D eigenvalue weighted by molar-refractivity contribution is 5.14. The molecule has 23 heavy (non-hydrogen) atoms. The summed E-state index contributed by atoms with van der Waals surface area (Å²) >= 11 is 0. The van der Waals surface area contributed by atoms with Gasteiger partial charge in [0.25, 0.3) is 0 Å². The van der Waals surface area contributed by atoms with E-state index in [0.717, 1.165) is 12.5 Å². The lowest BCUT2D eigenvalue weighted by Gasteiger charge is -2.30. The molecule has 0 bridgehead atoms. The zero-order chi connectivity index (χ0) is 16.0. The average Bonchev–Trinajstić information content (AvgIpc) is 2.81. The molecular weight excluding hydrogens is 282 g/mol. The Kier molecular flexibility index (Phi) is 9.88. The van der Waals surface area contributed by atoms with Gasteiger partial charge in [0.2, 0.25) is 0 Å². The monoisotopic (exact) mass is 317 g/mol. The van der Waals surface area contributed by atoms with Gasteiger partial charge in [-0.15, -0.1) is 0 Å². The first-order chi connectivity index (χ1) is 11.5. The summed E-state index contributed by atoms with van der Waals surface area (Å²) in [6.07, 6.45) is 29.2. The Labute approximate surface area is 143 Å². The number of hydrogen-bond donors (Lipinski definition) is 1. The zero-order valence-corrected chi connectivity index (χ0v) is 14.7. The molecule has 1 saturated carbocycles. The van der Waals surface area contributed by atoms with Gasteiger partial charge in [-0.25, -0.2) is 0 Å². The maximum atomic E-state index is 6.12. The Hall–Kier alpha value is -1.02. The van der Waals surface area contributed by atoms with Crippen LogP contribution in [-0.4, -0.2) is 12.7 Å². The SMILES string of the molecule is C1=CC=CNC=C1.C1CCCC(C2CCCCCCO2)CCC1. The van der Waals surface area contributed by atoms with Gasteiger partial charge in [0, 0.05) is 19.0 Å². The number of hydrogen-bond acceptors (Lipinski definition) is 2. The van der Waals surface area contributed by atoms with Crippen LogP contribution in [0.2, 0.25) is 0 Å². The van der Waals surface area contributed by atoms with Crippen molar-refractivity contribution in [3.8, 4) is 0 Å². The lowest BCUT2D eigenvalue weighted by molar-refractivity contribution is -0.0106. The number of nitrogens with one attached hydrogen (secondary N) is 1. The van der Waals surface area contributed by atoms with Crippen LogP contribution in [0.5, 0.6) is 0 Å². The highest BCUT2D eigenvalue weighted by Crippen LogP contribution is 2.30. The summed E-state index contributed by atoms with van der Waals surface area (Å²) < 4.78 is 6.12. The summed E-state index contributed by atoms with van der Waals surface area (Å²) in [5.74, 6) is 0.887. The number of rotatable bonds is 1. The van der Waals surface area contributed by atoms with Crippen LogP contribution in [0, 0.1) is 5.92 Å². The van der Waals surface area contributed by atoms with Gasteiger partial charge in [-0.3, -0.25) is 0 Å². The Balaban J connectivity index is 0.000000229. The largest absolute Gasteiger partial charge is 0.378 e. The van der Waals surface area contributed by atoms with Gasteiger partial charge in [-0.05, 0) is 43.8 Å². The van der Waals surface area contributed by atoms with Crippen LogP contribution >= 0.6 is 0 Å². The molecule has 0 radical (unpaired) electrons. The molecule has 3 aliphatic rings. The van der Waals surface area contributed by atoms with Crippen molar-refractivity contribution in [3.05, 3.63) is 36.7 Å². The molecule has 2 nitrogen and oxygen atoms in total. The van der Waals surface area contributed by atoms with Gasteiger partial charge in [0.1, 0.15) is 0 Å². The fraction of sp³-hybridized carbons (Fsp3) is 0.714. The third-order valence-electron chi connectivity index (χ3n) is 5.11. The van der Waals surface area contributed by atoms with E-state index in [0.29, 0.717) is 6.10 Å². The van der Waals surface area contributed by atoms with Crippen LogP contribution in [-0.2, 0) is 4.74 Å². The van der Waals surface area contributed by atoms with Gasteiger partial charge in [0.05, 0.1) is 6.10 Å². The van der Waals surface area contributed by atoms with Crippen LogP contribution in [0.25, 0.3) is 0 Å². The van der Waals surface area contributed by atoms with E-state index in [9.17, 15) is 0 Å². The minimum atomic E-state index is 0.610. The zero-order valence-electron chi connectivity index (χ0n) is 14.7. The van der Waals surface area contributed by atoms with Crippen LogP contribution < -0.4 is 5.32 Å². The molecule has 2 aliphatic heterocycles. The van der Waals surface area contributed by atoms with Crippen molar-refractivity contribution >= 4 is 0 Å². The van der Waals surface area contributed by atoms with E-state index in [4.69, 9.17) is 4.74 Å². The molecule has 130 valence electrons. The third kappa shape index (κ3) is 8.41. The van der Waals surface area contributed by atoms with E-state index in [-0.39, 0.29) is 0 Å². The predicted molar refractivity (Wildman–Crippen MR) is 99.2 cm³/mol. The van der Waals surface area contributed by atoms with Crippen molar-refractivity contribution in [1.82, 2.24) is 5.32 Å². The van der Waals surface area contributed by atoms with Gasteiger partial charge < -0.3 is 10.1 Å². The summed E-state index contributed by atoms with van der Waals surface area (Å²) in [4.78, 5) is 0. The average molecular weight is 318 g/mol. The quantitative estimate of drug-likeness (QED) is 0.653. The van der Waals surface area contributed by atoms with Crippen molar-refractivity contribution in [3.63, 3.8) is 0 Å². The molecule has 2 fully saturated rings. The van der Waals surface area contributed by atoms with Crippen LogP contribution in [0.3, 0.4) is 0 Å². The first kappa shape index (κ1) is 18.3. The summed E-state index contributed by atoms with van der Waals surface area (Å²) in [6.45, 7) is 1.03. The maximum absolute atomic E-state index is 6.12. The third-order valence-corrected chi connectivity index (χ3v) is 5.11. The standard InChI is InChI=1S/C15H28O.C6H7N/c1-2-6-10-14(11-7-3-1)15-12-8-4-5-9-13-16-15;1-2-4-6-7-5-3-1/h14-15H,1-13H2;1-7H. The molecule has 3 rings (SSSR count). The first-order valence-corrected chi connectivity index (χ1v) is 9.83. The fourth-order valence-corrected chi connectivity index (χ4v) is 3.76. The molecule has 1 unspecified atom stereocenters. The lowest BCUT2D eigenvalue weighted by atomic mass is 9.85. The smallest absolute Gasteiger partial charge is 0.0603 e. The Morgan fingerprint density at radius 2 is 1.17 bits per heavy atom. The van der Waals surface area contributed by atoms with E-state index in [1.807, 2.05) is 36.7 Å². The lowest BCUT2D eigenvalue weighted by Crippen LogP contribution is -2.26. The van der Waals surface area contributed by atoms with Crippen LogP contribution in [0.4, 0.5) is 0 Å². The van der Waals surface area contributed by atoms with Gasteiger partial charge in [0.15, 0.2) is 0 Å². The van der Waals surface area contributed by atoms with Crippen molar-refractivity contribution in [2.75, 3.05) is 6.61 Å². The van der Waals surface area contributed by atoms with Gasteiger partial charge >= 0.3 is 0 Å². The molecule has 1 saturated heterocycles. The van der Waals surface area contributed by atoms with Crippen molar-refractivity contribution in [1.29, 1.82) is 0 Å². The normalized spacial score (nSPS) is 26.5. The molecular formula is C21H35NO. The highest BCUT2D eigenvalue weighted by Gasteiger charge is 2.23. The first-order valence-electron chi connectivity index (χ1n) is 9.83. The molecule has 0 amide bonds. The summed E-state index contributed by atoms with van der Waals surface area (Å²) in [5.41, 5.74) is 0. The molecule has 0 aromatic heterocycles. The second-order valence-corrected chi connectivity index (χ2v) is 6.99. The Morgan fingerprint density at radius 3 is 1.87 bits per heavy atom. The van der Waals surface area contributed by atoms with Gasteiger partial charge in [-0.2, -0.15) is 0 Å². The minimum absolute atomic E-state index is 0.610. The van der Waals surface area contributed by atoms with E-state index >= 15 is 0 Å². The molecule has 1 aliphatic carbocycles. The van der Waals surface area contributed by atoms with Crippen LogP contribution in [0.15, 0.2) is 36.7 Å². The number of allylic oxidation sites excluding steroid dienone is 4. The predicted octanol–water partition coefficient (Wildman–Crippen LogP) is 5.87. The minimum Gasteiger partial charge on any atom is -0.378 e. The van der Waals surface area contributed by atoms with Crippen LogP contribution in [0.1, 0.15) is 77.0 Å². The molecule has 2 heterocycles. The molecule has 0 aromatic rings. The van der Waals surface area contributed by atoms with Crippen molar-refractivity contribution in [2.45, 2.75) is 83.2 Å². The molecule has 1 atom stereocenters. The Morgan fingerprint density at radius 1 is 0.609 bits per heavy atom. The van der Waals surface area contributed by atoms with Gasteiger partial charge in [-0.1, -0.05) is 63.5 Å².